The van der Waals surface area contributed by atoms with Crippen LogP contribution in [-0.4, -0.2) is 34.6 Å². The van der Waals surface area contributed by atoms with Crippen molar-refractivity contribution in [2.75, 3.05) is 7.05 Å². The maximum absolute atomic E-state index is 12.9. The van der Waals surface area contributed by atoms with Gasteiger partial charge in [-0.2, -0.15) is 0 Å². The molecule has 0 spiro atoms. The summed E-state index contributed by atoms with van der Waals surface area (Å²) >= 11 is 3.41. The summed E-state index contributed by atoms with van der Waals surface area (Å²) in [7, 11) is 1.75. The van der Waals surface area contributed by atoms with Crippen LogP contribution >= 0.6 is 15.9 Å². The van der Waals surface area contributed by atoms with Crippen LogP contribution in [0.25, 0.3) is 0 Å². The van der Waals surface area contributed by atoms with E-state index in [1.807, 2.05) is 30.3 Å². The molecule has 0 unspecified atom stereocenters. The van der Waals surface area contributed by atoms with Crippen molar-refractivity contribution in [1.29, 1.82) is 0 Å². The predicted molar refractivity (Wildman–Crippen MR) is 117 cm³/mol. The molecule has 1 heterocycles. The highest BCUT2D eigenvalue weighted by molar-refractivity contribution is 9.10. The Kier molecular flexibility index (Phi) is 5.50. The summed E-state index contributed by atoms with van der Waals surface area (Å²) in [6.07, 6.45) is 0. The molecule has 6 heteroatoms. The van der Waals surface area contributed by atoms with Crippen LogP contribution < -0.4 is 0 Å². The first-order valence-electron chi connectivity index (χ1n) is 9.48. The van der Waals surface area contributed by atoms with E-state index in [1.54, 1.807) is 54.4 Å². The summed E-state index contributed by atoms with van der Waals surface area (Å²) < 4.78 is 0.987. The van der Waals surface area contributed by atoms with Crippen molar-refractivity contribution >= 4 is 33.7 Å². The Balaban J connectivity index is 1.49. The van der Waals surface area contributed by atoms with Crippen LogP contribution in [-0.2, 0) is 13.1 Å². The lowest BCUT2D eigenvalue weighted by molar-refractivity contribution is 0.0642. The first-order valence-corrected chi connectivity index (χ1v) is 10.3. The van der Waals surface area contributed by atoms with Crippen LogP contribution in [0.4, 0.5) is 0 Å². The van der Waals surface area contributed by atoms with Crippen molar-refractivity contribution in [3.05, 3.63) is 105 Å². The van der Waals surface area contributed by atoms with Gasteiger partial charge in [-0.15, -0.1) is 0 Å². The Morgan fingerprint density at radius 1 is 0.867 bits per heavy atom. The number of fused-ring (bicyclic) bond motifs is 1. The van der Waals surface area contributed by atoms with Crippen molar-refractivity contribution in [2.24, 2.45) is 0 Å². The number of hydrogen-bond acceptors (Lipinski definition) is 3. The fourth-order valence-electron chi connectivity index (χ4n) is 3.52. The van der Waals surface area contributed by atoms with E-state index < -0.39 is 0 Å². The lowest BCUT2D eigenvalue weighted by Gasteiger charge is -2.19. The van der Waals surface area contributed by atoms with Crippen LogP contribution in [0.2, 0.25) is 0 Å². The SMILES string of the molecule is CN(Cc1ccc(Br)cc1)C(=O)c1cccc(CN2C(=O)c3ccccc3C2=O)c1. The fraction of sp³-hybridized carbons (Fsp3) is 0.125. The van der Waals surface area contributed by atoms with Gasteiger partial charge in [0, 0.05) is 23.6 Å². The molecule has 0 N–H and O–H groups in total. The molecule has 0 aromatic heterocycles. The van der Waals surface area contributed by atoms with Crippen LogP contribution in [0.15, 0.2) is 77.3 Å². The third-order valence-electron chi connectivity index (χ3n) is 5.07. The highest BCUT2D eigenvalue weighted by Crippen LogP contribution is 2.24. The fourth-order valence-corrected chi connectivity index (χ4v) is 3.79. The summed E-state index contributed by atoms with van der Waals surface area (Å²) in [6.45, 7) is 0.610. The van der Waals surface area contributed by atoms with Gasteiger partial charge in [0.15, 0.2) is 0 Å². The number of imide groups is 1. The number of benzene rings is 3. The molecule has 1 aliphatic heterocycles. The monoisotopic (exact) mass is 462 g/mol. The smallest absolute Gasteiger partial charge is 0.261 e. The van der Waals surface area contributed by atoms with Crippen molar-refractivity contribution in [2.45, 2.75) is 13.1 Å². The molecule has 150 valence electrons. The Bertz CT molecular complexity index is 1110. The molecule has 5 nitrogen and oxygen atoms in total. The second kappa shape index (κ2) is 8.24. The summed E-state index contributed by atoms with van der Waals surface area (Å²) in [4.78, 5) is 40.9. The van der Waals surface area contributed by atoms with Crippen molar-refractivity contribution in [3.63, 3.8) is 0 Å². The van der Waals surface area contributed by atoms with Gasteiger partial charge < -0.3 is 4.90 Å². The molecule has 1 aliphatic rings. The zero-order valence-corrected chi connectivity index (χ0v) is 17.9. The Hall–Kier alpha value is -3.25. The molecular formula is C24H19BrN2O3. The average Bonchev–Trinajstić information content (AvgIpc) is 3.00. The van der Waals surface area contributed by atoms with Gasteiger partial charge in [0.1, 0.15) is 0 Å². The largest absolute Gasteiger partial charge is 0.337 e. The molecule has 3 amide bonds. The minimum atomic E-state index is -0.306. The second-order valence-electron chi connectivity index (χ2n) is 7.23. The highest BCUT2D eigenvalue weighted by Gasteiger charge is 2.35. The first kappa shape index (κ1) is 20.0. The van der Waals surface area contributed by atoms with Crippen molar-refractivity contribution in [1.82, 2.24) is 9.80 Å². The molecule has 0 saturated carbocycles. The highest BCUT2D eigenvalue weighted by atomic mass is 79.9. The van der Waals surface area contributed by atoms with Gasteiger partial charge in [0.2, 0.25) is 0 Å². The van der Waals surface area contributed by atoms with Gasteiger partial charge in [-0.25, -0.2) is 0 Å². The molecular weight excluding hydrogens is 444 g/mol. The van der Waals surface area contributed by atoms with E-state index in [2.05, 4.69) is 15.9 Å². The van der Waals surface area contributed by atoms with Crippen molar-refractivity contribution < 1.29 is 14.4 Å². The van der Waals surface area contributed by atoms with E-state index in [4.69, 9.17) is 0 Å². The van der Waals surface area contributed by atoms with Crippen LogP contribution in [0.1, 0.15) is 42.2 Å². The number of carbonyl (C=O) groups is 3. The average molecular weight is 463 g/mol. The lowest BCUT2D eigenvalue weighted by atomic mass is 10.1. The zero-order chi connectivity index (χ0) is 21.3. The number of carbonyl (C=O) groups excluding carboxylic acids is 3. The first-order chi connectivity index (χ1) is 14.4. The maximum Gasteiger partial charge on any atom is 0.261 e. The zero-order valence-electron chi connectivity index (χ0n) is 16.3. The molecule has 0 aliphatic carbocycles. The Labute approximate surface area is 183 Å². The van der Waals surface area contributed by atoms with Gasteiger partial charge in [0.05, 0.1) is 17.7 Å². The summed E-state index contributed by atoms with van der Waals surface area (Å²) in [5, 5.41) is 0. The van der Waals surface area contributed by atoms with E-state index >= 15 is 0 Å². The number of nitrogens with zero attached hydrogens (tertiary/aromatic N) is 2. The Morgan fingerprint density at radius 2 is 1.50 bits per heavy atom. The second-order valence-corrected chi connectivity index (χ2v) is 8.15. The minimum Gasteiger partial charge on any atom is -0.337 e. The molecule has 0 fully saturated rings. The molecule has 0 saturated heterocycles. The topological polar surface area (TPSA) is 57.7 Å². The van der Waals surface area contributed by atoms with Crippen LogP contribution in [0, 0.1) is 0 Å². The van der Waals surface area contributed by atoms with Gasteiger partial charge in [-0.1, -0.05) is 52.3 Å². The molecule has 30 heavy (non-hydrogen) atoms. The molecule has 4 rings (SSSR count). The number of amides is 3. The molecule has 3 aromatic carbocycles. The lowest BCUT2D eigenvalue weighted by Crippen LogP contribution is -2.29. The molecule has 0 radical (unpaired) electrons. The molecule has 0 bridgehead atoms. The normalized spacial score (nSPS) is 12.8. The van der Waals surface area contributed by atoms with E-state index in [-0.39, 0.29) is 24.3 Å². The van der Waals surface area contributed by atoms with Crippen LogP contribution in [0.5, 0.6) is 0 Å². The Morgan fingerprint density at radius 3 is 2.13 bits per heavy atom. The van der Waals surface area contributed by atoms with E-state index in [0.717, 1.165) is 15.6 Å². The molecule has 3 aromatic rings. The maximum atomic E-state index is 12.9. The third kappa shape index (κ3) is 3.91. The van der Waals surface area contributed by atoms with E-state index in [0.29, 0.717) is 23.2 Å². The number of rotatable bonds is 5. The standard InChI is InChI=1S/C24H19BrN2O3/c1-26(14-16-9-11-19(25)12-10-16)22(28)18-6-4-5-17(13-18)15-27-23(29)20-7-2-3-8-21(20)24(27)30/h2-13H,14-15H2,1H3. The van der Waals surface area contributed by atoms with Gasteiger partial charge >= 0.3 is 0 Å². The quantitative estimate of drug-likeness (QED) is 0.523. The van der Waals surface area contributed by atoms with E-state index in [1.165, 1.54) is 4.90 Å². The number of halogens is 1. The minimum absolute atomic E-state index is 0.123. The summed E-state index contributed by atoms with van der Waals surface area (Å²) in [5.41, 5.74) is 3.11. The van der Waals surface area contributed by atoms with Crippen LogP contribution in [0.3, 0.4) is 0 Å². The third-order valence-corrected chi connectivity index (χ3v) is 5.60. The van der Waals surface area contributed by atoms with Gasteiger partial charge in [-0.05, 0) is 47.5 Å². The number of hydrogen-bond donors (Lipinski definition) is 0. The summed E-state index contributed by atoms with van der Waals surface area (Å²) in [6, 6.07) is 21.7. The van der Waals surface area contributed by atoms with Crippen molar-refractivity contribution in [3.8, 4) is 0 Å². The summed E-state index contributed by atoms with van der Waals surface area (Å²) in [5.74, 6) is -0.735. The van der Waals surface area contributed by atoms with Gasteiger partial charge in [0.25, 0.3) is 17.7 Å². The van der Waals surface area contributed by atoms with Gasteiger partial charge in [-0.3, -0.25) is 19.3 Å². The van der Waals surface area contributed by atoms with E-state index in [9.17, 15) is 14.4 Å². The predicted octanol–water partition coefficient (Wildman–Crippen LogP) is 4.52. The molecule has 0 atom stereocenters.